The lowest BCUT2D eigenvalue weighted by molar-refractivity contribution is 0.0922. The van der Waals surface area contributed by atoms with Crippen LogP contribution in [0.15, 0.2) is 29.1 Å². The van der Waals surface area contributed by atoms with Crippen molar-refractivity contribution in [3.63, 3.8) is 0 Å². The van der Waals surface area contributed by atoms with E-state index in [0.29, 0.717) is 19.8 Å². The van der Waals surface area contributed by atoms with Crippen molar-refractivity contribution in [2.24, 2.45) is 0 Å². The number of anilines is 1. The number of nitrogens with zero attached hydrogens (tertiary/aromatic N) is 3. The molecule has 0 aliphatic heterocycles. The Hall–Kier alpha value is -2.38. The van der Waals surface area contributed by atoms with Crippen molar-refractivity contribution in [3.05, 3.63) is 41.7 Å². The van der Waals surface area contributed by atoms with E-state index in [4.69, 9.17) is 14.3 Å². The zero-order chi connectivity index (χ0) is 17.6. The minimum Gasteiger partial charge on any atom is -0.467 e. The number of aromatic nitrogens is 3. The van der Waals surface area contributed by atoms with Crippen molar-refractivity contribution in [1.82, 2.24) is 14.5 Å². The van der Waals surface area contributed by atoms with Gasteiger partial charge in [0.2, 0.25) is 0 Å². The van der Waals surface area contributed by atoms with Gasteiger partial charge in [-0.3, -0.25) is 0 Å². The zero-order valence-corrected chi connectivity index (χ0v) is 14.7. The molecule has 2 N–H and O–H groups in total. The Morgan fingerprint density at radius 2 is 2.16 bits per heavy atom. The Bertz CT molecular complexity index is 811. The first kappa shape index (κ1) is 17.4. The fraction of sp³-hybridized carbons (Fsp3) is 0.444. The lowest BCUT2D eigenvalue weighted by Gasteiger charge is -2.08. The van der Waals surface area contributed by atoms with Gasteiger partial charge in [0.1, 0.15) is 23.6 Å². The summed E-state index contributed by atoms with van der Waals surface area (Å²) < 4.78 is 12.9. The van der Waals surface area contributed by atoms with Crippen LogP contribution in [0.3, 0.4) is 0 Å². The van der Waals surface area contributed by atoms with E-state index in [9.17, 15) is 0 Å². The lowest BCUT2D eigenvalue weighted by Crippen LogP contribution is -2.09. The second kappa shape index (κ2) is 8.13. The molecule has 3 aromatic rings. The Kier molecular flexibility index (Phi) is 5.67. The first-order valence-electron chi connectivity index (χ1n) is 8.47. The van der Waals surface area contributed by atoms with Crippen molar-refractivity contribution in [2.75, 3.05) is 31.7 Å². The van der Waals surface area contributed by atoms with Gasteiger partial charge in [-0.15, -0.1) is 0 Å². The molecule has 0 atom stereocenters. The molecule has 7 nitrogen and oxygen atoms in total. The summed E-state index contributed by atoms with van der Waals surface area (Å²) in [5, 5.41) is 13.1. The van der Waals surface area contributed by atoms with Gasteiger partial charge in [-0.25, -0.2) is 9.97 Å². The second-order valence-corrected chi connectivity index (χ2v) is 5.91. The van der Waals surface area contributed by atoms with Gasteiger partial charge in [-0.2, -0.15) is 0 Å². The Morgan fingerprint density at radius 3 is 2.92 bits per heavy atom. The summed E-state index contributed by atoms with van der Waals surface area (Å²) in [6, 6.07) is 3.86. The smallest absolute Gasteiger partial charge is 0.146 e. The largest absolute Gasteiger partial charge is 0.467 e. The number of furan rings is 1. The number of hydrogen-bond donors (Lipinski definition) is 2. The highest BCUT2D eigenvalue weighted by Gasteiger charge is 2.17. The predicted octanol–water partition coefficient (Wildman–Crippen LogP) is 2.50. The highest BCUT2D eigenvalue weighted by molar-refractivity contribution is 5.91. The minimum atomic E-state index is 0.0572. The molecule has 0 bridgehead atoms. The van der Waals surface area contributed by atoms with Gasteiger partial charge in [0, 0.05) is 18.8 Å². The molecule has 3 aromatic heterocycles. The molecule has 25 heavy (non-hydrogen) atoms. The first-order valence-corrected chi connectivity index (χ1v) is 8.47. The molecule has 0 aliphatic carbocycles. The van der Waals surface area contributed by atoms with E-state index in [1.54, 1.807) is 12.6 Å². The van der Waals surface area contributed by atoms with E-state index >= 15 is 0 Å². The quantitative estimate of drug-likeness (QED) is 0.580. The van der Waals surface area contributed by atoms with Gasteiger partial charge in [0.25, 0.3) is 0 Å². The fourth-order valence-corrected chi connectivity index (χ4v) is 2.90. The van der Waals surface area contributed by atoms with Gasteiger partial charge >= 0.3 is 0 Å². The molecule has 0 saturated heterocycles. The van der Waals surface area contributed by atoms with Crippen LogP contribution in [0.2, 0.25) is 0 Å². The molecule has 7 heteroatoms. The third kappa shape index (κ3) is 3.83. The molecule has 0 unspecified atom stereocenters. The number of ether oxygens (including phenoxy) is 1. The van der Waals surface area contributed by atoms with Crippen LogP contribution in [0.4, 0.5) is 5.82 Å². The van der Waals surface area contributed by atoms with Crippen molar-refractivity contribution in [1.29, 1.82) is 0 Å². The third-order valence-corrected chi connectivity index (χ3v) is 4.29. The monoisotopic (exact) mass is 344 g/mol. The fourth-order valence-electron chi connectivity index (χ4n) is 2.90. The molecule has 0 aromatic carbocycles. The average molecular weight is 344 g/mol. The maximum atomic E-state index is 8.70. The molecule has 0 fully saturated rings. The van der Waals surface area contributed by atoms with E-state index in [1.165, 1.54) is 5.56 Å². The average Bonchev–Trinajstić information content (AvgIpc) is 3.22. The van der Waals surface area contributed by atoms with Crippen molar-refractivity contribution >= 4 is 16.9 Å². The van der Waals surface area contributed by atoms with E-state index in [0.717, 1.165) is 41.3 Å². The molecule has 0 radical (unpaired) electrons. The summed E-state index contributed by atoms with van der Waals surface area (Å²) in [6.45, 7) is 6.63. The number of hydrogen-bond acceptors (Lipinski definition) is 6. The van der Waals surface area contributed by atoms with Crippen LogP contribution in [0, 0.1) is 13.8 Å². The van der Waals surface area contributed by atoms with Crippen LogP contribution in [-0.2, 0) is 11.3 Å². The summed E-state index contributed by atoms with van der Waals surface area (Å²) in [5.41, 5.74) is 3.22. The number of fused-ring (bicyclic) bond motifs is 1. The van der Waals surface area contributed by atoms with E-state index in [-0.39, 0.29) is 6.61 Å². The van der Waals surface area contributed by atoms with Gasteiger partial charge < -0.3 is 24.1 Å². The standard InChI is InChI=1S/C18H24N4O3/c1-13-14(2)22(11-15-5-3-9-25-15)18-16(13)17(20-12-21-18)19-6-4-8-24-10-7-23/h3,5,9,12,23H,4,6-8,10-11H2,1-2H3,(H,19,20,21). The van der Waals surface area contributed by atoms with Crippen LogP contribution in [0.25, 0.3) is 11.0 Å². The Balaban J connectivity index is 1.79. The van der Waals surface area contributed by atoms with Gasteiger partial charge in [0.15, 0.2) is 0 Å². The summed E-state index contributed by atoms with van der Waals surface area (Å²) in [7, 11) is 0. The molecule has 0 spiro atoms. The molecular formula is C18H24N4O3. The van der Waals surface area contributed by atoms with Crippen LogP contribution >= 0.6 is 0 Å². The van der Waals surface area contributed by atoms with E-state index in [1.807, 2.05) is 12.1 Å². The Morgan fingerprint density at radius 1 is 1.28 bits per heavy atom. The maximum absolute atomic E-state index is 8.70. The lowest BCUT2D eigenvalue weighted by atomic mass is 10.2. The van der Waals surface area contributed by atoms with Gasteiger partial charge in [-0.1, -0.05) is 0 Å². The zero-order valence-electron chi connectivity index (χ0n) is 14.7. The molecule has 0 aliphatic rings. The topological polar surface area (TPSA) is 85.3 Å². The van der Waals surface area contributed by atoms with Crippen LogP contribution in [0.5, 0.6) is 0 Å². The third-order valence-electron chi connectivity index (χ3n) is 4.29. The summed E-state index contributed by atoms with van der Waals surface area (Å²) >= 11 is 0. The molecule has 3 rings (SSSR count). The van der Waals surface area contributed by atoms with Crippen molar-refractivity contribution < 1.29 is 14.3 Å². The molecule has 134 valence electrons. The number of rotatable bonds is 9. The first-order chi connectivity index (χ1) is 12.2. The van der Waals surface area contributed by atoms with E-state index in [2.05, 4.69) is 33.7 Å². The summed E-state index contributed by atoms with van der Waals surface area (Å²) in [6.07, 6.45) is 4.12. The molecule has 3 heterocycles. The van der Waals surface area contributed by atoms with Crippen LogP contribution in [-0.4, -0.2) is 46.0 Å². The SMILES string of the molecule is Cc1c(C)n(Cc2ccco2)c2ncnc(NCCCOCCO)c12. The summed E-state index contributed by atoms with van der Waals surface area (Å²) in [4.78, 5) is 8.90. The number of nitrogens with one attached hydrogen (secondary N) is 1. The number of aryl methyl sites for hydroxylation is 1. The van der Waals surface area contributed by atoms with Gasteiger partial charge in [0.05, 0.1) is 31.4 Å². The molecule has 0 saturated carbocycles. The summed E-state index contributed by atoms with van der Waals surface area (Å²) in [5.74, 6) is 1.74. The maximum Gasteiger partial charge on any atom is 0.146 e. The van der Waals surface area contributed by atoms with Crippen molar-refractivity contribution in [2.45, 2.75) is 26.8 Å². The Labute approximate surface area is 146 Å². The minimum absolute atomic E-state index is 0.0572. The number of aliphatic hydroxyl groups is 1. The predicted molar refractivity (Wildman–Crippen MR) is 95.8 cm³/mol. The second-order valence-electron chi connectivity index (χ2n) is 5.91. The highest BCUT2D eigenvalue weighted by Crippen LogP contribution is 2.29. The van der Waals surface area contributed by atoms with E-state index < -0.39 is 0 Å². The normalized spacial score (nSPS) is 11.3. The van der Waals surface area contributed by atoms with Gasteiger partial charge in [-0.05, 0) is 38.0 Å². The molecule has 0 amide bonds. The van der Waals surface area contributed by atoms with Crippen molar-refractivity contribution in [3.8, 4) is 0 Å². The molecular weight excluding hydrogens is 320 g/mol. The van der Waals surface area contributed by atoms with Crippen LogP contribution in [0.1, 0.15) is 23.4 Å². The number of aliphatic hydroxyl groups excluding tert-OH is 1. The van der Waals surface area contributed by atoms with Crippen LogP contribution < -0.4 is 5.32 Å². The highest BCUT2D eigenvalue weighted by atomic mass is 16.5.